The van der Waals surface area contributed by atoms with E-state index in [2.05, 4.69) is 20.2 Å². The smallest absolute Gasteiger partial charge is 0.230 e. The van der Waals surface area contributed by atoms with Crippen molar-refractivity contribution in [3.63, 3.8) is 0 Å². The van der Waals surface area contributed by atoms with E-state index >= 15 is 0 Å². The lowest BCUT2D eigenvalue weighted by atomic mass is 10.0. The van der Waals surface area contributed by atoms with E-state index in [1.165, 1.54) is 11.5 Å². The van der Waals surface area contributed by atoms with E-state index in [9.17, 15) is 4.79 Å². The zero-order valence-electron chi connectivity index (χ0n) is 6.28. The maximum absolute atomic E-state index is 11.3. The Bertz CT molecular complexity index is 269. The van der Waals surface area contributed by atoms with E-state index in [0.717, 1.165) is 13.1 Å². The Labute approximate surface area is 73.3 Å². The molecule has 2 N–H and O–H groups in total. The van der Waals surface area contributed by atoms with Crippen LogP contribution in [0.5, 0.6) is 0 Å². The number of hydrogen-bond donors (Lipinski definition) is 2. The average Bonchev–Trinajstić information content (AvgIpc) is 2.34. The highest BCUT2D eigenvalue weighted by Crippen LogP contribution is 2.12. The van der Waals surface area contributed by atoms with Crippen molar-refractivity contribution in [1.29, 1.82) is 0 Å². The molecule has 1 amide bonds. The van der Waals surface area contributed by atoms with Crippen molar-refractivity contribution < 1.29 is 4.79 Å². The molecular weight excluding hydrogens is 176 g/mol. The molecule has 5 nitrogen and oxygen atoms in total. The summed E-state index contributed by atoms with van der Waals surface area (Å²) in [6.45, 7) is 1.55. The molecule has 0 unspecified atom stereocenters. The van der Waals surface area contributed by atoms with Gasteiger partial charge in [0.2, 0.25) is 5.91 Å². The Kier molecular flexibility index (Phi) is 2.01. The van der Waals surface area contributed by atoms with E-state index in [1.54, 1.807) is 6.20 Å². The first kappa shape index (κ1) is 7.63. The van der Waals surface area contributed by atoms with Crippen LogP contribution in [0.2, 0.25) is 0 Å². The summed E-state index contributed by atoms with van der Waals surface area (Å²) in [5.74, 6) is 0.173. The summed E-state index contributed by atoms with van der Waals surface area (Å²) in [5.41, 5.74) is 0. The Morgan fingerprint density at radius 2 is 2.58 bits per heavy atom. The van der Waals surface area contributed by atoms with Gasteiger partial charge in [0.15, 0.2) is 0 Å². The van der Waals surface area contributed by atoms with Crippen molar-refractivity contribution in [3.8, 4) is 0 Å². The number of anilines is 1. The Morgan fingerprint density at radius 1 is 1.75 bits per heavy atom. The third kappa shape index (κ3) is 1.44. The van der Waals surface area contributed by atoms with E-state index in [-0.39, 0.29) is 11.8 Å². The number of nitrogens with zero attached hydrogens (tertiary/aromatic N) is 2. The van der Waals surface area contributed by atoms with Gasteiger partial charge in [-0.2, -0.15) is 0 Å². The summed E-state index contributed by atoms with van der Waals surface area (Å²) >= 11 is 1.19. The standard InChI is InChI=1S/C6H8N4OS/c11-6(4-1-7-2-4)9-5-3-8-10-12-5/h3-4,7H,1-2H2,(H,9,11). The topological polar surface area (TPSA) is 66.9 Å². The summed E-state index contributed by atoms with van der Waals surface area (Å²) < 4.78 is 3.64. The predicted octanol–water partition coefficient (Wildman–Crippen LogP) is -0.304. The highest BCUT2D eigenvalue weighted by atomic mass is 32.1. The van der Waals surface area contributed by atoms with E-state index in [1.807, 2.05) is 0 Å². The van der Waals surface area contributed by atoms with Gasteiger partial charge < -0.3 is 10.6 Å². The van der Waals surface area contributed by atoms with Crippen LogP contribution in [0.1, 0.15) is 0 Å². The summed E-state index contributed by atoms with van der Waals surface area (Å²) in [4.78, 5) is 11.3. The van der Waals surface area contributed by atoms with Crippen molar-refractivity contribution in [3.05, 3.63) is 6.20 Å². The highest BCUT2D eigenvalue weighted by molar-refractivity contribution is 7.10. The van der Waals surface area contributed by atoms with Crippen LogP contribution in [0.3, 0.4) is 0 Å². The molecule has 2 heterocycles. The van der Waals surface area contributed by atoms with Crippen molar-refractivity contribution in [1.82, 2.24) is 14.9 Å². The molecular formula is C6H8N4OS. The third-order valence-electron chi connectivity index (χ3n) is 1.76. The van der Waals surface area contributed by atoms with Crippen LogP contribution < -0.4 is 10.6 Å². The molecule has 1 saturated heterocycles. The molecule has 0 spiro atoms. The predicted molar refractivity (Wildman–Crippen MR) is 44.9 cm³/mol. The number of hydrogen-bond acceptors (Lipinski definition) is 5. The van der Waals surface area contributed by atoms with Gasteiger partial charge in [0.1, 0.15) is 5.00 Å². The molecule has 6 heteroatoms. The lowest BCUT2D eigenvalue weighted by molar-refractivity contribution is -0.121. The molecule has 0 radical (unpaired) electrons. The molecule has 0 aromatic carbocycles. The van der Waals surface area contributed by atoms with Crippen molar-refractivity contribution in [2.24, 2.45) is 5.92 Å². The fourth-order valence-electron chi connectivity index (χ4n) is 0.920. The molecule has 1 aromatic heterocycles. The average molecular weight is 184 g/mol. The summed E-state index contributed by atoms with van der Waals surface area (Å²) in [7, 11) is 0. The zero-order valence-corrected chi connectivity index (χ0v) is 7.10. The van der Waals surface area contributed by atoms with E-state index in [4.69, 9.17) is 0 Å². The number of carbonyl (C=O) groups excluding carboxylic acids is 1. The summed E-state index contributed by atoms with van der Waals surface area (Å²) in [5, 5.41) is 10.1. The van der Waals surface area contributed by atoms with Crippen LogP contribution in [-0.4, -0.2) is 28.6 Å². The van der Waals surface area contributed by atoms with E-state index < -0.39 is 0 Å². The summed E-state index contributed by atoms with van der Waals surface area (Å²) in [6.07, 6.45) is 1.55. The minimum Gasteiger partial charge on any atom is -0.315 e. The molecule has 0 saturated carbocycles. The van der Waals surface area contributed by atoms with Gasteiger partial charge in [-0.15, -0.1) is 5.10 Å². The van der Waals surface area contributed by atoms with Crippen molar-refractivity contribution >= 4 is 22.4 Å². The minimum absolute atomic E-state index is 0.0554. The molecule has 1 fully saturated rings. The third-order valence-corrected chi connectivity index (χ3v) is 2.34. The van der Waals surface area contributed by atoms with Crippen LogP contribution in [0.15, 0.2) is 6.20 Å². The first-order valence-electron chi connectivity index (χ1n) is 3.65. The van der Waals surface area contributed by atoms with Crippen LogP contribution in [0, 0.1) is 5.92 Å². The van der Waals surface area contributed by atoms with E-state index in [0.29, 0.717) is 5.00 Å². The molecule has 2 rings (SSSR count). The van der Waals surface area contributed by atoms with Crippen LogP contribution in [0.25, 0.3) is 0 Å². The van der Waals surface area contributed by atoms with Gasteiger partial charge in [-0.1, -0.05) is 4.49 Å². The van der Waals surface area contributed by atoms with Crippen LogP contribution in [0.4, 0.5) is 5.00 Å². The van der Waals surface area contributed by atoms with Gasteiger partial charge in [0.05, 0.1) is 12.1 Å². The lowest BCUT2D eigenvalue weighted by Crippen LogP contribution is -2.48. The molecule has 64 valence electrons. The monoisotopic (exact) mass is 184 g/mol. The normalized spacial score (nSPS) is 17.0. The maximum atomic E-state index is 11.3. The fourth-order valence-corrected chi connectivity index (χ4v) is 1.34. The maximum Gasteiger partial charge on any atom is 0.230 e. The first-order chi connectivity index (χ1) is 5.86. The molecule has 12 heavy (non-hydrogen) atoms. The van der Waals surface area contributed by atoms with Gasteiger partial charge in [-0.25, -0.2) is 0 Å². The molecule has 0 atom stereocenters. The second-order valence-corrected chi connectivity index (χ2v) is 3.41. The Hall–Kier alpha value is -1.01. The Balaban J connectivity index is 1.90. The summed E-state index contributed by atoms with van der Waals surface area (Å²) in [6, 6.07) is 0. The van der Waals surface area contributed by atoms with Crippen LogP contribution >= 0.6 is 11.5 Å². The number of aromatic nitrogens is 2. The number of amides is 1. The first-order valence-corrected chi connectivity index (χ1v) is 4.42. The quantitative estimate of drug-likeness (QED) is 0.662. The van der Waals surface area contributed by atoms with Gasteiger partial charge in [-0.05, 0) is 0 Å². The lowest BCUT2D eigenvalue weighted by Gasteiger charge is -2.25. The molecule has 1 aliphatic heterocycles. The fraction of sp³-hybridized carbons (Fsp3) is 0.500. The second-order valence-electron chi connectivity index (χ2n) is 2.63. The van der Waals surface area contributed by atoms with Crippen LogP contribution in [-0.2, 0) is 4.79 Å². The second kappa shape index (κ2) is 3.16. The zero-order chi connectivity index (χ0) is 8.39. The molecule has 0 bridgehead atoms. The highest BCUT2D eigenvalue weighted by Gasteiger charge is 2.24. The number of nitrogens with one attached hydrogen (secondary N) is 2. The number of rotatable bonds is 2. The molecule has 1 aliphatic rings. The largest absolute Gasteiger partial charge is 0.315 e. The number of carbonyl (C=O) groups is 1. The van der Waals surface area contributed by atoms with Gasteiger partial charge >= 0.3 is 0 Å². The van der Waals surface area contributed by atoms with Gasteiger partial charge in [0, 0.05) is 24.6 Å². The van der Waals surface area contributed by atoms with Gasteiger partial charge in [0.25, 0.3) is 0 Å². The molecule has 0 aliphatic carbocycles. The van der Waals surface area contributed by atoms with Crippen molar-refractivity contribution in [2.75, 3.05) is 18.4 Å². The SMILES string of the molecule is O=C(Nc1cnns1)C1CNC1. The Morgan fingerprint density at radius 3 is 3.08 bits per heavy atom. The van der Waals surface area contributed by atoms with Crippen molar-refractivity contribution in [2.45, 2.75) is 0 Å². The molecule has 1 aromatic rings. The van der Waals surface area contributed by atoms with Gasteiger partial charge in [-0.3, -0.25) is 4.79 Å². The minimum atomic E-state index is 0.0554.